The molecule has 0 unspecified atom stereocenters. The van der Waals surface area contributed by atoms with Gasteiger partial charge >= 0.3 is 12.1 Å². The summed E-state index contributed by atoms with van der Waals surface area (Å²) in [7, 11) is 1.40. The van der Waals surface area contributed by atoms with Gasteiger partial charge < -0.3 is 19.5 Å². The van der Waals surface area contributed by atoms with Crippen LogP contribution < -0.4 is 4.90 Å². The quantitative estimate of drug-likeness (QED) is 0.605. The number of fused-ring (bicyclic) bond motifs is 3. The standard InChI is InChI=1S/C27H37N3O5/c1-16-11-12-20-21(29(16)27(34)35-2)13-14-22-23(20)28-25(24(31)17-7-4-3-5-8-17)30(22)19-10-6-9-18(15-19)26(32)33/h13-14,16-19,24,31H,3-12,15H2,1-2H3,(H,32,33)/t16-,18+,19+,24+/m0/s1. The van der Waals surface area contributed by atoms with Gasteiger partial charge in [0.2, 0.25) is 0 Å². The van der Waals surface area contributed by atoms with Gasteiger partial charge in [0.15, 0.2) is 0 Å². The number of amides is 1. The number of imidazole rings is 1. The Bertz CT molecular complexity index is 1110. The number of aliphatic hydroxyl groups is 1. The molecule has 2 heterocycles. The third-order valence-corrected chi connectivity index (χ3v) is 8.57. The van der Waals surface area contributed by atoms with Crippen LogP contribution in [-0.2, 0) is 16.0 Å². The van der Waals surface area contributed by atoms with E-state index in [1.54, 1.807) is 4.90 Å². The zero-order chi connectivity index (χ0) is 24.7. The molecule has 2 saturated carbocycles. The second-order valence-electron chi connectivity index (χ2n) is 10.7. The molecule has 2 N–H and O–H groups in total. The average molecular weight is 484 g/mol. The van der Waals surface area contributed by atoms with Crippen molar-refractivity contribution < 1.29 is 24.5 Å². The number of methoxy groups -OCH3 is 1. The third-order valence-electron chi connectivity index (χ3n) is 8.57. The lowest BCUT2D eigenvalue weighted by molar-refractivity contribution is -0.143. The van der Waals surface area contributed by atoms with E-state index in [9.17, 15) is 19.8 Å². The molecular formula is C27H37N3O5. The highest BCUT2D eigenvalue weighted by molar-refractivity contribution is 5.95. The average Bonchev–Trinajstić information content (AvgIpc) is 3.28. The van der Waals surface area contributed by atoms with Crippen molar-refractivity contribution in [3.63, 3.8) is 0 Å². The van der Waals surface area contributed by atoms with Gasteiger partial charge in [-0.05, 0) is 69.9 Å². The molecule has 0 bridgehead atoms. The van der Waals surface area contributed by atoms with Crippen LogP contribution in [0.3, 0.4) is 0 Å². The van der Waals surface area contributed by atoms with Crippen LogP contribution in [0.1, 0.15) is 94.7 Å². The van der Waals surface area contributed by atoms with Crippen molar-refractivity contribution in [1.29, 1.82) is 0 Å². The summed E-state index contributed by atoms with van der Waals surface area (Å²) in [6.45, 7) is 2.02. The number of carboxylic acid groups (broad SMARTS) is 1. The molecule has 1 aliphatic heterocycles. The Balaban J connectivity index is 1.64. The van der Waals surface area contributed by atoms with Crippen LogP contribution in [0.5, 0.6) is 0 Å². The Morgan fingerprint density at radius 1 is 1.09 bits per heavy atom. The largest absolute Gasteiger partial charge is 0.481 e. The molecule has 1 aromatic carbocycles. The van der Waals surface area contributed by atoms with Gasteiger partial charge in [0.25, 0.3) is 0 Å². The van der Waals surface area contributed by atoms with Crippen LogP contribution >= 0.6 is 0 Å². The van der Waals surface area contributed by atoms with E-state index >= 15 is 0 Å². The first-order valence-corrected chi connectivity index (χ1v) is 13.2. The number of hydrogen-bond acceptors (Lipinski definition) is 5. The van der Waals surface area contributed by atoms with Crippen molar-refractivity contribution >= 4 is 28.8 Å². The molecular weight excluding hydrogens is 446 g/mol. The fourth-order valence-electron chi connectivity index (χ4n) is 6.67. The monoisotopic (exact) mass is 483 g/mol. The van der Waals surface area contributed by atoms with Crippen LogP contribution in [0.4, 0.5) is 10.5 Å². The van der Waals surface area contributed by atoms with Gasteiger partial charge in [0, 0.05) is 17.6 Å². The fourth-order valence-corrected chi connectivity index (χ4v) is 6.67. The number of aromatic nitrogens is 2. The number of aliphatic hydroxyl groups excluding tert-OH is 1. The molecule has 8 nitrogen and oxygen atoms in total. The second kappa shape index (κ2) is 9.80. The van der Waals surface area contributed by atoms with Crippen molar-refractivity contribution in [2.75, 3.05) is 12.0 Å². The van der Waals surface area contributed by atoms with Crippen LogP contribution in [0.15, 0.2) is 12.1 Å². The molecule has 3 aliphatic rings. The summed E-state index contributed by atoms with van der Waals surface area (Å²) in [4.78, 5) is 31.2. The molecule has 0 radical (unpaired) electrons. The predicted molar refractivity (Wildman–Crippen MR) is 133 cm³/mol. The third kappa shape index (κ3) is 4.30. The highest BCUT2D eigenvalue weighted by Crippen LogP contribution is 2.43. The van der Waals surface area contributed by atoms with Gasteiger partial charge in [-0.2, -0.15) is 0 Å². The fraction of sp³-hybridized carbons (Fsp3) is 0.667. The summed E-state index contributed by atoms with van der Waals surface area (Å²) in [5.41, 5.74) is 3.58. The van der Waals surface area contributed by atoms with Gasteiger partial charge in [0.05, 0.1) is 29.7 Å². The van der Waals surface area contributed by atoms with Gasteiger partial charge in [-0.25, -0.2) is 9.78 Å². The zero-order valence-electron chi connectivity index (χ0n) is 20.8. The molecule has 1 aromatic heterocycles. The lowest BCUT2D eigenvalue weighted by Gasteiger charge is -2.34. The molecule has 0 spiro atoms. The van der Waals surface area contributed by atoms with E-state index in [1.807, 2.05) is 19.1 Å². The number of ether oxygens (including phenoxy) is 1. The highest BCUT2D eigenvalue weighted by Gasteiger charge is 2.36. The maximum Gasteiger partial charge on any atom is 0.414 e. The Morgan fingerprint density at radius 2 is 1.86 bits per heavy atom. The number of benzene rings is 1. The minimum Gasteiger partial charge on any atom is -0.481 e. The number of carbonyl (C=O) groups is 2. The van der Waals surface area contributed by atoms with Crippen molar-refractivity contribution in [3.8, 4) is 0 Å². The van der Waals surface area contributed by atoms with E-state index in [0.29, 0.717) is 18.7 Å². The summed E-state index contributed by atoms with van der Waals surface area (Å²) >= 11 is 0. The van der Waals surface area contributed by atoms with E-state index in [-0.39, 0.29) is 30.0 Å². The number of anilines is 1. The molecule has 190 valence electrons. The first kappa shape index (κ1) is 24.1. The van der Waals surface area contributed by atoms with Gasteiger partial charge in [0.1, 0.15) is 11.9 Å². The summed E-state index contributed by atoms with van der Waals surface area (Å²) in [6, 6.07) is 3.98. The molecule has 2 aromatic rings. The van der Waals surface area contributed by atoms with Crippen molar-refractivity contribution in [1.82, 2.24) is 9.55 Å². The van der Waals surface area contributed by atoms with Crippen molar-refractivity contribution in [2.45, 2.75) is 95.7 Å². The number of nitrogens with zero attached hydrogens (tertiary/aromatic N) is 3. The number of hydrogen-bond donors (Lipinski definition) is 2. The Morgan fingerprint density at radius 3 is 2.57 bits per heavy atom. The van der Waals surface area contributed by atoms with Crippen molar-refractivity contribution in [3.05, 3.63) is 23.5 Å². The Kier molecular flexibility index (Phi) is 6.75. The summed E-state index contributed by atoms with van der Waals surface area (Å²) in [5.74, 6) is -0.284. The number of aliphatic carboxylic acids is 1. The maximum absolute atomic E-state index is 12.6. The Hall–Kier alpha value is -2.61. The normalized spacial score (nSPS) is 26.4. The molecule has 5 rings (SSSR count). The molecule has 35 heavy (non-hydrogen) atoms. The minimum absolute atomic E-state index is 0.0136. The van der Waals surface area contributed by atoms with Crippen LogP contribution in [-0.4, -0.2) is 45.0 Å². The van der Waals surface area contributed by atoms with Crippen LogP contribution in [0.25, 0.3) is 11.0 Å². The van der Waals surface area contributed by atoms with E-state index in [1.165, 1.54) is 13.5 Å². The van der Waals surface area contributed by atoms with E-state index in [0.717, 1.165) is 73.7 Å². The first-order valence-electron chi connectivity index (χ1n) is 13.2. The molecule has 4 atom stereocenters. The number of carboxylic acids is 1. The molecule has 8 heteroatoms. The highest BCUT2D eigenvalue weighted by atomic mass is 16.5. The van der Waals surface area contributed by atoms with Crippen LogP contribution in [0, 0.1) is 11.8 Å². The predicted octanol–water partition coefficient (Wildman–Crippen LogP) is 5.37. The SMILES string of the molecule is COC(=O)N1c2ccc3c(nc([C@H](O)C4CCCCC4)n3[C@@H]3CCC[C@@H](C(=O)O)C3)c2CC[C@@H]1C. The van der Waals surface area contributed by atoms with E-state index in [4.69, 9.17) is 9.72 Å². The molecule has 1 amide bonds. The molecule has 2 fully saturated rings. The van der Waals surface area contributed by atoms with Crippen molar-refractivity contribution in [2.24, 2.45) is 11.8 Å². The maximum atomic E-state index is 12.6. The lowest BCUT2D eigenvalue weighted by Crippen LogP contribution is -2.42. The molecule has 2 aliphatic carbocycles. The number of carbonyl (C=O) groups excluding carboxylic acids is 1. The summed E-state index contributed by atoms with van der Waals surface area (Å²) in [6.07, 6.45) is 8.92. The summed E-state index contributed by atoms with van der Waals surface area (Å²) < 4.78 is 7.23. The number of rotatable bonds is 4. The Labute approximate surface area is 206 Å². The lowest BCUT2D eigenvalue weighted by atomic mass is 9.83. The minimum atomic E-state index is -0.742. The smallest absolute Gasteiger partial charge is 0.414 e. The summed E-state index contributed by atoms with van der Waals surface area (Å²) in [5, 5.41) is 21.3. The topological polar surface area (TPSA) is 105 Å². The van der Waals surface area contributed by atoms with Gasteiger partial charge in [-0.15, -0.1) is 0 Å². The number of aryl methyl sites for hydroxylation is 1. The zero-order valence-corrected chi connectivity index (χ0v) is 20.8. The first-order chi connectivity index (χ1) is 16.9. The second-order valence-corrected chi connectivity index (χ2v) is 10.7. The van der Waals surface area contributed by atoms with Gasteiger partial charge in [-0.3, -0.25) is 9.69 Å². The van der Waals surface area contributed by atoms with E-state index < -0.39 is 12.1 Å². The van der Waals surface area contributed by atoms with Crippen LogP contribution in [0.2, 0.25) is 0 Å². The van der Waals surface area contributed by atoms with E-state index in [2.05, 4.69) is 4.57 Å². The molecule has 0 saturated heterocycles. The van der Waals surface area contributed by atoms with Gasteiger partial charge in [-0.1, -0.05) is 25.7 Å².